The Morgan fingerprint density at radius 2 is 2.09 bits per heavy atom. The van der Waals surface area contributed by atoms with Crippen LogP contribution >= 0.6 is 0 Å². The molecule has 2 aromatic heterocycles. The number of nitrogens with two attached hydrogens (primary N) is 1. The van der Waals surface area contributed by atoms with Gasteiger partial charge >= 0.3 is 0 Å². The molecule has 0 aliphatic rings. The zero-order valence-corrected chi connectivity index (χ0v) is 13.6. The predicted molar refractivity (Wildman–Crippen MR) is 86.8 cm³/mol. The lowest BCUT2D eigenvalue weighted by Crippen LogP contribution is -2.25. The molecular weight excluding hydrogens is 294 g/mol. The minimum atomic E-state index is -0.106. The van der Waals surface area contributed by atoms with Crippen molar-refractivity contribution in [3.05, 3.63) is 40.8 Å². The Balaban J connectivity index is 1.91. The highest BCUT2D eigenvalue weighted by Crippen LogP contribution is 2.14. The standard InChI is InChI=1S/C16H21N5O2/c1-10-15(12(3)22)11(2)21(20-10)8-6-14(23)19-9-13-5-4-7-18-16(13)17/h4-5,7H,6,8-9H2,1-3H3,(H2,17,18)(H,19,23). The summed E-state index contributed by atoms with van der Waals surface area (Å²) in [5, 5.41) is 7.13. The second-order valence-corrected chi connectivity index (χ2v) is 5.40. The number of hydrogen-bond donors (Lipinski definition) is 2. The molecule has 7 heteroatoms. The monoisotopic (exact) mass is 315 g/mol. The van der Waals surface area contributed by atoms with Gasteiger partial charge in [0.1, 0.15) is 5.82 Å². The van der Waals surface area contributed by atoms with E-state index < -0.39 is 0 Å². The Morgan fingerprint density at radius 3 is 2.70 bits per heavy atom. The minimum Gasteiger partial charge on any atom is -0.383 e. The van der Waals surface area contributed by atoms with E-state index in [2.05, 4.69) is 15.4 Å². The van der Waals surface area contributed by atoms with Crippen molar-refractivity contribution < 1.29 is 9.59 Å². The highest BCUT2D eigenvalue weighted by Gasteiger charge is 2.15. The first-order chi connectivity index (χ1) is 10.9. The number of hydrogen-bond acceptors (Lipinski definition) is 5. The van der Waals surface area contributed by atoms with Crippen molar-refractivity contribution in [1.82, 2.24) is 20.1 Å². The fourth-order valence-electron chi connectivity index (χ4n) is 2.51. The lowest BCUT2D eigenvalue weighted by Gasteiger charge is -2.08. The largest absolute Gasteiger partial charge is 0.383 e. The van der Waals surface area contributed by atoms with Crippen molar-refractivity contribution in [2.45, 2.75) is 40.3 Å². The van der Waals surface area contributed by atoms with Crippen LogP contribution in [0.25, 0.3) is 0 Å². The van der Waals surface area contributed by atoms with Gasteiger partial charge in [-0.2, -0.15) is 5.10 Å². The molecule has 0 bridgehead atoms. The Kier molecular flexibility index (Phi) is 5.10. The summed E-state index contributed by atoms with van der Waals surface area (Å²) in [6.45, 7) is 5.92. The van der Waals surface area contributed by atoms with Crippen molar-refractivity contribution in [2.75, 3.05) is 5.73 Å². The van der Waals surface area contributed by atoms with Gasteiger partial charge in [-0.15, -0.1) is 0 Å². The summed E-state index contributed by atoms with van der Waals surface area (Å²) in [6.07, 6.45) is 1.88. The van der Waals surface area contributed by atoms with Gasteiger partial charge in [0, 0.05) is 37.0 Å². The van der Waals surface area contributed by atoms with E-state index in [1.807, 2.05) is 13.0 Å². The van der Waals surface area contributed by atoms with Crippen LogP contribution in [0.15, 0.2) is 18.3 Å². The lowest BCUT2D eigenvalue weighted by atomic mass is 10.1. The van der Waals surface area contributed by atoms with E-state index in [0.29, 0.717) is 30.2 Å². The topological polar surface area (TPSA) is 103 Å². The predicted octanol–water partition coefficient (Wildman–Crippen LogP) is 1.39. The molecule has 0 aliphatic heterocycles. The van der Waals surface area contributed by atoms with Gasteiger partial charge in [-0.3, -0.25) is 14.3 Å². The number of aromatic nitrogens is 3. The molecule has 7 nitrogen and oxygen atoms in total. The molecule has 23 heavy (non-hydrogen) atoms. The van der Waals surface area contributed by atoms with Crippen LogP contribution in [0.3, 0.4) is 0 Å². The summed E-state index contributed by atoms with van der Waals surface area (Å²) in [5.74, 6) is 0.297. The third-order valence-corrected chi connectivity index (χ3v) is 3.69. The van der Waals surface area contributed by atoms with Crippen LogP contribution in [0.2, 0.25) is 0 Å². The second-order valence-electron chi connectivity index (χ2n) is 5.40. The molecule has 0 aromatic carbocycles. The lowest BCUT2D eigenvalue weighted by molar-refractivity contribution is -0.121. The van der Waals surface area contributed by atoms with Gasteiger partial charge in [-0.1, -0.05) is 6.07 Å². The van der Waals surface area contributed by atoms with Crippen LogP contribution in [0.5, 0.6) is 0 Å². The third-order valence-electron chi connectivity index (χ3n) is 3.69. The molecule has 0 spiro atoms. The summed E-state index contributed by atoms with van der Waals surface area (Å²) in [7, 11) is 0. The summed E-state index contributed by atoms with van der Waals surface area (Å²) in [5.41, 5.74) is 8.63. The zero-order valence-electron chi connectivity index (χ0n) is 13.6. The first-order valence-corrected chi connectivity index (χ1v) is 7.41. The summed E-state index contributed by atoms with van der Waals surface area (Å²) < 4.78 is 1.70. The number of amides is 1. The average Bonchev–Trinajstić information content (AvgIpc) is 2.78. The number of carbonyl (C=O) groups is 2. The van der Waals surface area contributed by atoms with Crippen LogP contribution in [-0.4, -0.2) is 26.5 Å². The van der Waals surface area contributed by atoms with Crippen LogP contribution in [-0.2, 0) is 17.9 Å². The SMILES string of the molecule is CC(=O)c1c(C)nn(CCC(=O)NCc2cccnc2N)c1C. The molecule has 1 amide bonds. The number of aryl methyl sites for hydroxylation is 2. The van der Waals surface area contributed by atoms with E-state index in [1.165, 1.54) is 6.92 Å². The van der Waals surface area contributed by atoms with Gasteiger partial charge in [-0.25, -0.2) is 4.98 Å². The van der Waals surface area contributed by atoms with Crippen LogP contribution in [0, 0.1) is 13.8 Å². The Hall–Kier alpha value is -2.70. The van der Waals surface area contributed by atoms with Gasteiger partial charge < -0.3 is 11.1 Å². The van der Waals surface area contributed by atoms with Crippen LogP contribution in [0.4, 0.5) is 5.82 Å². The summed E-state index contributed by atoms with van der Waals surface area (Å²) >= 11 is 0. The van der Waals surface area contributed by atoms with E-state index in [9.17, 15) is 9.59 Å². The Morgan fingerprint density at radius 1 is 1.35 bits per heavy atom. The van der Waals surface area contributed by atoms with Crippen LogP contribution < -0.4 is 11.1 Å². The van der Waals surface area contributed by atoms with Crippen molar-refractivity contribution in [1.29, 1.82) is 0 Å². The van der Waals surface area contributed by atoms with E-state index in [-0.39, 0.29) is 18.1 Å². The van der Waals surface area contributed by atoms with Crippen molar-refractivity contribution >= 4 is 17.5 Å². The third kappa shape index (κ3) is 3.94. The van der Waals surface area contributed by atoms with Crippen molar-refractivity contribution in [3.8, 4) is 0 Å². The Labute approximate surface area is 134 Å². The number of Topliss-reactive ketones (excluding diaryl/α,β-unsaturated/α-hetero) is 1. The number of anilines is 1. The van der Waals surface area contributed by atoms with Gasteiger partial charge in [-0.05, 0) is 26.8 Å². The molecule has 0 unspecified atom stereocenters. The summed E-state index contributed by atoms with van der Waals surface area (Å²) in [6, 6.07) is 3.60. The van der Waals surface area contributed by atoms with Crippen molar-refractivity contribution in [2.24, 2.45) is 0 Å². The van der Waals surface area contributed by atoms with E-state index in [1.54, 1.807) is 23.9 Å². The van der Waals surface area contributed by atoms with E-state index in [4.69, 9.17) is 5.73 Å². The molecule has 2 rings (SSSR count). The zero-order chi connectivity index (χ0) is 17.0. The van der Waals surface area contributed by atoms with E-state index >= 15 is 0 Å². The molecule has 0 radical (unpaired) electrons. The first-order valence-electron chi connectivity index (χ1n) is 7.41. The van der Waals surface area contributed by atoms with Crippen molar-refractivity contribution in [3.63, 3.8) is 0 Å². The second kappa shape index (κ2) is 7.04. The highest BCUT2D eigenvalue weighted by atomic mass is 16.1. The maximum atomic E-state index is 12.0. The highest BCUT2D eigenvalue weighted by molar-refractivity contribution is 5.96. The van der Waals surface area contributed by atoms with Gasteiger partial charge in [0.15, 0.2) is 5.78 Å². The minimum absolute atomic E-state index is 0.0113. The molecule has 0 fully saturated rings. The average molecular weight is 315 g/mol. The number of nitrogens with one attached hydrogen (secondary N) is 1. The number of ketones is 1. The first kappa shape index (κ1) is 16.7. The number of rotatable bonds is 6. The fraction of sp³-hybridized carbons (Fsp3) is 0.375. The van der Waals surface area contributed by atoms with Gasteiger partial charge in [0.25, 0.3) is 0 Å². The maximum Gasteiger partial charge on any atom is 0.222 e. The molecule has 122 valence electrons. The number of pyridine rings is 1. The molecule has 0 saturated carbocycles. The molecule has 3 N–H and O–H groups in total. The molecule has 2 aromatic rings. The number of carbonyl (C=O) groups excluding carboxylic acids is 2. The van der Waals surface area contributed by atoms with Gasteiger partial charge in [0.2, 0.25) is 5.91 Å². The van der Waals surface area contributed by atoms with E-state index in [0.717, 1.165) is 11.3 Å². The Bertz CT molecular complexity index is 736. The molecule has 0 atom stereocenters. The normalized spacial score (nSPS) is 10.6. The van der Waals surface area contributed by atoms with Crippen LogP contribution in [0.1, 0.15) is 40.7 Å². The number of nitrogen functional groups attached to an aromatic ring is 1. The molecule has 0 aliphatic carbocycles. The number of nitrogens with zero attached hydrogens (tertiary/aromatic N) is 3. The summed E-state index contributed by atoms with van der Waals surface area (Å²) in [4.78, 5) is 27.5. The smallest absolute Gasteiger partial charge is 0.222 e. The molecular formula is C16H21N5O2. The van der Waals surface area contributed by atoms with Gasteiger partial charge in [0.05, 0.1) is 11.3 Å². The molecule has 0 saturated heterocycles. The maximum absolute atomic E-state index is 12.0. The quantitative estimate of drug-likeness (QED) is 0.784. The molecule has 2 heterocycles. The fourth-order valence-corrected chi connectivity index (χ4v) is 2.51.